The van der Waals surface area contributed by atoms with Gasteiger partial charge in [0.2, 0.25) is 5.76 Å². The fraction of sp³-hybridized carbons (Fsp3) is 0.643. The Labute approximate surface area is 118 Å². The Morgan fingerprint density at radius 2 is 2.20 bits per heavy atom. The van der Waals surface area contributed by atoms with E-state index in [0.717, 1.165) is 5.56 Å². The molecule has 0 aromatic carbocycles. The standard InChI is InChI=1S/C14H21NO5/c1-15(10-14(17)4-7-19-8-5-14)9-11-3-6-20-12(11)13(16)18-2/h3,6,17H,4-5,7-10H2,1-2H3. The lowest BCUT2D eigenvalue weighted by molar-refractivity contribution is -0.0777. The first-order valence-electron chi connectivity index (χ1n) is 6.67. The summed E-state index contributed by atoms with van der Waals surface area (Å²) in [5, 5.41) is 10.5. The van der Waals surface area contributed by atoms with Gasteiger partial charge >= 0.3 is 5.97 Å². The summed E-state index contributed by atoms with van der Waals surface area (Å²) < 4.78 is 15.1. The number of methoxy groups -OCH3 is 1. The summed E-state index contributed by atoms with van der Waals surface area (Å²) in [5.41, 5.74) is 0.0392. The van der Waals surface area contributed by atoms with E-state index in [2.05, 4.69) is 4.74 Å². The number of ether oxygens (including phenoxy) is 2. The average molecular weight is 283 g/mol. The van der Waals surface area contributed by atoms with Crippen molar-refractivity contribution in [2.24, 2.45) is 0 Å². The molecule has 1 fully saturated rings. The molecule has 112 valence electrons. The summed E-state index contributed by atoms with van der Waals surface area (Å²) in [5.74, 6) is -0.263. The molecular formula is C14H21NO5. The summed E-state index contributed by atoms with van der Waals surface area (Å²) in [6.07, 6.45) is 2.73. The molecular weight excluding hydrogens is 262 g/mol. The highest BCUT2D eigenvalue weighted by Crippen LogP contribution is 2.22. The normalized spacial score (nSPS) is 18.2. The molecule has 0 spiro atoms. The number of aliphatic hydroxyl groups is 1. The largest absolute Gasteiger partial charge is 0.463 e. The number of rotatable bonds is 5. The van der Waals surface area contributed by atoms with Gasteiger partial charge in [-0.25, -0.2) is 4.79 Å². The maximum Gasteiger partial charge on any atom is 0.374 e. The Balaban J connectivity index is 1.96. The number of likely N-dealkylation sites (N-methyl/N-ethyl adjacent to an activating group) is 1. The Hall–Kier alpha value is -1.37. The van der Waals surface area contributed by atoms with E-state index >= 15 is 0 Å². The number of carbonyl (C=O) groups is 1. The van der Waals surface area contributed by atoms with Gasteiger partial charge in [-0.1, -0.05) is 0 Å². The van der Waals surface area contributed by atoms with E-state index in [4.69, 9.17) is 9.15 Å². The zero-order valence-electron chi connectivity index (χ0n) is 11.9. The van der Waals surface area contributed by atoms with Crippen molar-refractivity contribution in [1.82, 2.24) is 4.90 Å². The van der Waals surface area contributed by atoms with E-state index < -0.39 is 11.6 Å². The summed E-state index contributed by atoms with van der Waals surface area (Å²) in [6.45, 7) is 2.22. The number of nitrogens with zero attached hydrogens (tertiary/aromatic N) is 1. The topological polar surface area (TPSA) is 72.1 Å². The second-order valence-corrected chi connectivity index (χ2v) is 5.28. The van der Waals surface area contributed by atoms with Crippen LogP contribution in [0.5, 0.6) is 0 Å². The van der Waals surface area contributed by atoms with Gasteiger partial charge < -0.3 is 19.0 Å². The van der Waals surface area contributed by atoms with Crippen LogP contribution in [0.25, 0.3) is 0 Å². The Morgan fingerprint density at radius 1 is 1.50 bits per heavy atom. The van der Waals surface area contributed by atoms with Gasteiger partial charge in [-0.3, -0.25) is 4.90 Å². The van der Waals surface area contributed by atoms with E-state index in [-0.39, 0.29) is 5.76 Å². The molecule has 0 saturated carbocycles. The minimum absolute atomic E-state index is 0.221. The smallest absolute Gasteiger partial charge is 0.374 e. The first-order valence-corrected chi connectivity index (χ1v) is 6.67. The minimum atomic E-state index is -0.720. The second kappa shape index (κ2) is 6.39. The molecule has 0 atom stereocenters. The number of carbonyl (C=O) groups excluding carboxylic acids is 1. The molecule has 0 amide bonds. The van der Waals surface area contributed by atoms with Crippen LogP contribution in [0.1, 0.15) is 29.0 Å². The van der Waals surface area contributed by atoms with Crippen LogP contribution >= 0.6 is 0 Å². The van der Waals surface area contributed by atoms with E-state index in [9.17, 15) is 9.90 Å². The third-order valence-electron chi connectivity index (χ3n) is 3.55. The minimum Gasteiger partial charge on any atom is -0.463 e. The summed E-state index contributed by atoms with van der Waals surface area (Å²) in [6, 6.07) is 1.75. The molecule has 1 aromatic heterocycles. The highest BCUT2D eigenvalue weighted by molar-refractivity contribution is 5.87. The van der Waals surface area contributed by atoms with Crippen molar-refractivity contribution in [3.8, 4) is 0 Å². The lowest BCUT2D eigenvalue weighted by Gasteiger charge is -2.35. The lowest BCUT2D eigenvalue weighted by atomic mass is 9.94. The molecule has 0 aliphatic carbocycles. The monoisotopic (exact) mass is 283 g/mol. The number of hydrogen-bond acceptors (Lipinski definition) is 6. The summed E-state index contributed by atoms with van der Waals surface area (Å²) >= 11 is 0. The van der Waals surface area contributed by atoms with Crippen molar-refractivity contribution in [3.05, 3.63) is 23.7 Å². The van der Waals surface area contributed by atoms with Gasteiger partial charge in [-0.2, -0.15) is 0 Å². The van der Waals surface area contributed by atoms with Crippen molar-refractivity contribution in [2.45, 2.75) is 25.0 Å². The van der Waals surface area contributed by atoms with Crippen LogP contribution in [0.2, 0.25) is 0 Å². The van der Waals surface area contributed by atoms with E-state index in [1.807, 2.05) is 11.9 Å². The quantitative estimate of drug-likeness (QED) is 0.814. The fourth-order valence-electron chi connectivity index (χ4n) is 2.49. The molecule has 1 saturated heterocycles. The van der Waals surface area contributed by atoms with Gasteiger partial charge in [0, 0.05) is 44.7 Å². The zero-order chi connectivity index (χ0) is 14.6. The zero-order valence-corrected chi connectivity index (χ0v) is 11.9. The van der Waals surface area contributed by atoms with Crippen LogP contribution in [0.3, 0.4) is 0 Å². The highest BCUT2D eigenvalue weighted by atomic mass is 16.5. The maximum absolute atomic E-state index is 11.5. The average Bonchev–Trinajstić information content (AvgIpc) is 2.86. The SMILES string of the molecule is COC(=O)c1occc1CN(C)CC1(O)CCOCC1. The second-order valence-electron chi connectivity index (χ2n) is 5.28. The number of hydrogen-bond donors (Lipinski definition) is 1. The van der Waals surface area contributed by atoms with Gasteiger partial charge in [0.15, 0.2) is 0 Å². The van der Waals surface area contributed by atoms with E-state index in [0.29, 0.717) is 39.1 Å². The molecule has 1 aliphatic rings. The van der Waals surface area contributed by atoms with Crippen LogP contribution in [0.15, 0.2) is 16.7 Å². The maximum atomic E-state index is 11.5. The number of esters is 1. The van der Waals surface area contributed by atoms with Crippen molar-refractivity contribution < 1.29 is 23.8 Å². The summed E-state index contributed by atoms with van der Waals surface area (Å²) in [4.78, 5) is 13.5. The van der Waals surface area contributed by atoms with Crippen molar-refractivity contribution in [2.75, 3.05) is 33.9 Å². The molecule has 1 aliphatic heterocycles. The van der Waals surface area contributed by atoms with Gasteiger partial charge in [0.25, 0.3) is 0 Å². The third kappa shape index (κ3) is 3.59. The predicted octanol–water partition coefficient (Wildman–Crippen LogP) is 1.04. The molecule has 6 heteroatoms. The molecule has 2 heterocycles. The molecule has 1 N–H and O–H groups in total. The molecule has 0 radical (unpaired) electrons. The fourth-order valence-corrected chi connectivity index (χ4v) is 2.49. The Bertz CT molecular complexity index is 450. The van der Waals surface area contributed by atoms with E-state index in [1.165, 1.54) is 13.4 Å². The van der Waals surface area contributed by atoms with Crippen LogP contribution in [-0.2, 0) is 16.0 Å². The summed E-state index contributed by atoms with van der Waals surface area (Å²) in [7, 11) is 3.23. The lowest BCUT2D eigenvalue weighted by Crippen LogP contribution is -2.45. The third-order valence-corrected chi connectivity index (χ3v) is 3.55. The molecule has 20 heavy (non-hydrogen) atoms. The molecule has 0 unspecified atom stereocenters. The predicted molar refractivity (Wildman–Crippen MR) is 71.4 cm³/mol. The van der Waals surface area contributed by atoms with Crippen LogP contribution in [-0.4, -0.2) is 55.5 Å². The molecule has 0 bridgehead atoms. The highest BCUT2D eigenvalue weighted by Gasteiger charge is 2.31. The van der Waals surface area contributed by atoms with Gasteiger partial charge in [-0.15, -0.1) is 0 Å². The van der Waals surface area contributed by atoms with Crippen molar-refractivity contribution >= 4 is 5.97 Å². The first kappa shape index (κ1) is 15.0. The Kier molecular flexibility index (Phi) is 4.80. The van der Waals surface area contributed by atoms with Gasteiger partial charge in [-0.05, 0) is 13.1 Å². The van der Waals surface area contributed by atoms with E-state index in [1.54, 1.807) is 6.07 Å². The van der Waals surface area contributed by atoms with Crippen LogP contribution in [0, 0.1) is 0 Å². The van der Waals surface area contributed by atoms with Crippen molar-refractivity contribution in [3.63, 3.8) is 0 Å². The number of furan rings is 1. The van der Waals surface area contributed by atoms with Gasteiger partial charge in [0.1, 0.15) is 0 Å². The Morgan fingerprint density at radius 3 is 2.85 bits per heavy atom. The van der Waals surface area contributed by atoms with Crippen LogP contribution in [0.4, 0.5) is 0 Å². The first-order chi connectivity index (χ1) is 9.54. The molecule has 6 nitrogen and oxygen atoms in total. The van der Waals surface area contributed by atoms with Crippen molar-refractivity contribution in [1.29, 1.82) is 0 Å². The molecule has 2 rings (SSSR count). The van der Waals surface area contributed by atoms with Gasteiger partial charge in [0.05, 0.1) is 19.0 Å². The van der Waals surface area contributed by atoms with Crippen LogP contribution < -0.4 is 0 Å². The molecule has 1 aromatic rings.